The minimum Gasteiger partial charge on any atom is -0.337 e. The van der Waals surface area contributed by atoms with Crippen LogP contribution in [0.15, 0.2) is 78.9 Å². The van der Waals surface area contributed by atoms with Gasteiger partial charge >= 0.3 is 12.4 Å². The van der Waals surface area contributed by atoms with E-state index in [1.54, 1.807) is 60.7 Å². The number of carbonyl (C=O) groups is 2. The third-order valence-corrected chi connectivity index (χ3v) is 6.47. The molecule has 3 aromatic rings. The Balaban J connectivity index is 2.17. The number of rotatable bonds is 8. The van der Waals surface area contributed by atoms with Crippen LogP contribution in [0.25, 0.3) is 0 Å². The van der Waals surface area contributed by atoms with Crippen LogP contribution < -0.4 is 0 Å². The second-order valence-electron chi connectivity index (χ2n) is 9.19. The summed E-state index contributed by atoms with van der Waals surface area (Å²) in [6, 6.07) is 18.9. The van der Waals surface area contributed by atoms with E-state index in [0.29, 0.717) is 23.3 Å². The standard InChI is InChI=1S/C29H25F6N3O2/c1-37(14-13-36)25(39)18-24(26(19-9-5-3-6-10-19)20-11-7-4-8-12-20)38(2)27(40)21-15-22(28(30,31)32)17-23(16-21)29(33,34)35/h3-12,15-17,24,26H,14,18H2,1-2H3. The number of alkyl halides is 6. The molecule has 0 bridgehead atoms. The molecule has 0 heterocycles. The third kappa shape index (κ3) is 7.20. The molecule has 0 aliphatic rings. The number of nitriles is 1. The van der Waals surface area contributed by atoms with Crippen LogP contribution in [0.5, 0.6) is 0 Å². The zero-order valence-corrected chi connectivity index (χ0v) is 21.5. The van der Waals surface area contributed by atoms with Gasteiger partial charge in [0.1, 0.15) is 6.54 Å². The van der Waals surface area contributed by atoms with Crippen LogP contribution in [-0.2, 0) is 17.1 Å². The third-order valence-electron chi connectivity index (χ3n) is 6.47. The highest BCUT2D eigenvalue weighted by atomic mass is 19.4. The quantitative estimate of drug-likeness (QED) is 0.237. The number of nitrogens with zero attached hydrogens (tertiary/aromatic N) is 3. The normalized spacial score (nSPS) is 12.5. The van der Waals surface area contributed by atoms with Gasteiger partial charge in [0, 0.05) is 32.0 Å². The van der Waals surface area contributed by atoms with Crippen molar-refractivity contribution in [2.75, 3.05) is 20.6 Å². The van der Waals surface area contributed by atoms with Gasteiger partial charge in [0.2, 0.25) is 5.91 Å². The Bertz CT molecular complexity index is 1300. The van der Waals surface area contributed by atoms with E-state index in [1.807, 2.05) is 6.07 Å². The van der Waals surface area contributed by atoms with Gasteiger partial charge in [0.05, 0.1) is 23.2 Å². The molecular formula is C29H25F6N3O2. The Kier molecular flexibility index (Phi) is 9.24. The van der Waals surface area contributed by atoms with Crippen LogP contribution in [0, 0.1) is 11.3 Å². The summed E-state index contributed by atoms with van der Waals surface area (Å²) < 4.78 is 81.0. The van der Waals surface area contributed by atoms with Gasteiger partial charge in [0.25, 0.3) is 5.91 Å². The molecule has 1 atom stereocenters. The number of likely N-dealkylation sites (N-methyl/N-ethyl adjacent to an activating group) is 1. The molecule has 1 unspecified atom stereocenters. The molecule has 0 spiro atoms. The van der Waals surface area contributed by atoms with Crippen molar-refractivity contribution in [1.82, 2.24) is 9.80 Å². The van der Waals surface area contributed by atoms with Gasteiger partial charge in [-0.3, -0.25) is 9.59 Å². The van der Waals surface area contributed by atoms with E-state index in [2.05, 4.69) is 0 Å². The van der Waals surface area contributed by atoms with E-state index in [-0.39, 0.29) is 19.0 Å². The zero-order chi connectivity index (χ0) is 29.7. The number of hydrogen-bond donors (Lipinski definition) is 0. The summed E-state index contributed by atoms with van der Waals surface area (Å²) >= 11 is 0. The van der Waals surface area contributed by atoms with Gasteiger partial charge in [-0.15, -0.1) is 0 Å². The molecule has 0 aliphatic carbocycles. The first kappa shape index (κ1) is 30.2. The van der Waals surface area contributed by atoms with Crippen molar-refractivity contribution in [3.63, 3.8) is 0 Å². The van der Waals surface area contributed by atoms with Crippen molar-refractivity contribution < 1.29 is 35.9 Å². The lowest BCUT2D eigenvalue weighted by Crippen LogP contribution is -2.45. The molecule has 0 saturated heterocycles. The summed E-state index contributed by atoms with van der Waals surface area (Å²) in [5, 5.41) is 9.02. The summed E-state index contributed by atoms with van der Waals surface area (Å²) in [4.78, 5) is 28.8. The second kappa shape index (κ2) is 12.2. The molecule has 0 radical (unpaired) electrons. The average Bonchev–Trinajstić information content (AvgIpc) is 2.92. The van der Waals surface area contributed by atoms with Crippen LogP contribution >= 0.6 is 0 Å². The van der Waals surface area contributed by atoms with Gasteiger partial charge in [-0.1, -0.05) is 60.7 Å². The average molecular weight is 562 g/mol. The number of hydrogen-bond acceptors (Lipinski definition) is 3. The summed E-state index contributed by atoms with van der Waals surface area (Å²) in [5.74, 6) is -2.36. The van der Waals surface area contributed by atoms with Crippen molar-refractivity contribution in [2.45, 2.75) is 30.7 Å². The van der Waals surface area contributed by atoms with Crippen LogP contribution in [0.3, 0.4) is 0 Å². The predicted molar refractivity (Wildman–Crippen MR) is 135 cm³/mol. The highest BCUT2D eigenvalue weighted by Crippen LogP contribution is 2.38. The molecule has 0 fully saturated rings. The lowest BCUT2D eigenvalue weighted by molar-refractivity contribution is -0.143. The van der Waals surface area contributed by atoms with Gasteiger partial charge in [-0.05, 0) is 29.3 Å². The molecule has 3 rings (SSSR count). The molecule has 0 aromatic heterocycles. The van der Waals surface area contributed by atoms with Crippen LogP contribution in [0.2, 0.25) is 0 Å². The molecule has 40 heavy (non-hydrogen) atoms. The molecule has 11 heteroatoms. The minimum absolute atomic E-state index is 0.0502. The fourth-order valence-corrected chi connectivity index (χ4v) is 4.40. The second-order valence-corrected chi connectivity index (χ2v) is 9.19. The number of carbonyl (C=O) groups excluding carboxylic acids is 2. The summed E-state index contributed by atoms with van der Waals surface area (Å²) in [6.45, 7) is -0.257. The predicted octanol–water partition coefficient (Wildman–Crippen LogP) is 6.37. The van der Waals surface area contributed by atoms with Crippen molar-refractivity contribution >= 4 is 11.8 Å². The number of benzene rings is 3. The van der Waals surface area contributed by atoms with E-state index < -0.39 is 52.8 Å². The largest absolute Gasteiger partial charge is 0.416 e. The topological polar surface area (TPSA) is 64.4 Å². The molecule has 3 aromatic carbocycles. The smallest absolute Gasteiger partial charge is 0.337 e. The fraction of sp³-hybridized carbons (Fsp3) is 0.276. The number of halogens is 6. The Morgan fingerprint density at radius 1 is 0.800 bits per heavy atom. The van der Waals surface area contributed by atoms with Crippen molar-refractivity contribution in [3.8, 4) is 6.07 Å². The van der Waals surface area contributed by atoms with Crippen molar-refractivity contribution in [3.05, 3.63) is 107 Å². The van der Waals surface area contributed by atoms with E-state index >= 15 is 0 Å². The summed E-state index contributed by atoms with van der Waals surface area (Å²) in [7, 11) is 2.61. The van der Waals surface area contributed by atoms with Gasteiger partial charge in [-0.2, -0.15) is 31.6 Å². The molecule has 5 nitrogen and oxygen atoms in total. The maximum atomic E-state index is 13.6. The van der Waals surface area contributed by atoms with Crippen LogP contribution in [-0.4, -0.2) is 48.3 Å². The maximum absolute atomic E-state index is 13.6. The van der Waals surface area contributed by atoms with E-state index in [1.165, 1.54) is 14.1 Å². The summed E-state index contributed by atoms with van der Waals surface area (Å²) in [6.07, 6.45) is -10.6. The van der Waals surface area contributed by atoms with E-state index in [9.17, 15) is 35.9 Å². The highest BCUT2D eigenvalue weighted by molar-refractivity contribution is 5.95. The van der Waals surface area contributed by atoms with E-state index in [4.69, 9.17) is 5.26 Å². The maximum Gasteiger partial charge on any atom is 0.416 e. The first-order valence-electron chi connectivity index (χ1n) is 12.0. The Hall–Kier alpha value is -4.33. The lowest BCUT2D eigenvalue weighted by Gasteiger charge is -2.36. The molecule has 0 N–H and O–H groups in total. The monoisotopic (exact) mass is 561 g/mol. The van der Waals surface area contributed by atoms with E-state index in [0.717, 1.165) is 9.80 Å². The Morgan fingerprint density at radius 3 is 1.65 bits per heavy atom. The molecule has 0 aliphatic heterocycles. The molecular weight excluding hydrogens is 536 g/mol. The Morgan fingerprint density at radius 2 is 1.25 bits per heavy atom. The Labute approximate surface area is 227 Å². The van der Waals surface area contributed by atoms with Gasteiger partial charge < -0.3 is 9.80 Å². The number of amides is 2. The summed E-state index contributed by atoms with van der Waals surface area (Å²) in [5.41, 5.74) is -2.75. The van der Waals surface area contributed by atoms with Crippen molar-refractivity contribution in [1.29, 1.82) is 5.26 Å². The van der Waals surface area contributed by atoms with Gasteiger partial charge in [-0.25, -0.2) is 0 Å². The minimum atomic E-state index is -5.14. The first-order chi connectivity index (χ1) is 18.7. The molecule has 2 amide bonds. The first-order valence-corrected chi connectivity index (χ1v) is 12.0. The van der Waals surface area contributed by atoms with Gasteiger partial charge in [0.15, 0.2) is 0 Å². The molecule has 0 saturated carbocycles. The SMILES string of the molecule is CN(CC#N)C(=O)CC(C(c1ccccc1)c1ccccc1)N(C)C(=O)c1cc(C(F)(F)F)cc(C(F)(F)F)c1. The van der Waals surface area contributed by atoms with Crippen LogP contribution in [0.1, 0.15) is 45.0 Å². The zero-order valence-electron chi connectivity index (χ0n) is 21.5. The fourth-order valence-electron chi connectivity index (χ4n) is 4.40. The van der Waals surface area contributed by atoms with Crippen LogP contribution in [0.4, 0.5) is 26.3 Å². The highest BCUT2D eigenvalue weighted by Gasteiger charge is 2.39. The van der Waals surface area contributed by atoms with Crippen molar-refractivity contribution in [2.24, 2.45) is 0 Å². The lowest BCUT2D eigenvalue weighted by atomic mass is 9.82. The molecule has 210 valence electrons.